The number of aliphatic hydroxyl groups excluding tert-OH is 1. The van der Waals surface area contributed by atoms with E-state index in [2.05, 4.69) is 10.3 Å². The fourth-order valence-electron chi connectivity index (χ4n) is 1.33. The van der Waals surface area contributed by atoms with Gasteiger partial charge in [-0.3, -0.25) is 0 Å². The van der Waals surface area contributed by atoms with E-state index in [9.17, 15) is 0 Å². The van der Waals surface area contributed by atoms with E-state index in [1.165, 1.54) is 11.3 Å². The number of benzene rings is 1. The van der Waals surface area contributed by atoms with E-state index in [0.29, 0.717) is 10.9 Å². The van der Waals surface area contributed by atoms with Gasteiger partial charge in [0.25, 0.3) is 0 Å². The predicted octanol–water partition coefficient (Wildman–Crippen LogP) is 2.90. The summed E-state index contributed by atoms with van der Waals surface area (Å²) in [6.45, 7) is 0.699. The first kappa shape index (κ1) is 11.4. The molecule has 0 bridgehead atoms. The van der Waals surface area contributed by atoms with Crippen molar-refractivity contribution in [3.63, 3.8) is 0 Å². The van der Waals surface area contributed by atoms with Crippen molar-refractivity contribution in [3.05, 3.63) is 45.4 Å². The minimum Gasteiger partial charge on any atom is -0.392 e. The van der Waals surface area contributed by atoms with Crippen LogP contribution in [0, 0.1) is 0 Å². The monoisotopic (exact) mass is 254 g/mol. The maximum atomic E-state index is 9.00. The van der Waals surface area contributed by atoms with Crippen LogP contribution >= 0.6 is 22.9 Å². The van der Waals surface area contributed by atoms with E-state index in [1.807, 2.05) is 24.3 Å². The lowest BCUT2D eigenvalue weighted by Gasteiger charge is -2.05. The van der Waals surface area contributed by atoms with Crippen molar-refractivity contribution in [2.75, 3.05) is 5.32 Å². The molecule has 0 aliphatic heterocycles. The highest BCUT2D eigenvalue weighted by Gasteiger charge is 2.00. The Hall–Kier alpha value is -1.10. The quantitative estimate of drug-likeness (QED) is 0.882. The largest absolute Gasteiger partial charge is 0.392 e. The van der Waals surface area contributed by atoms with Crippen LogP contribution in [-0.2, 0) is 13.2 Å². The van der Waals surface area contributed by atoms with Crippen molar-refractivity contribution in [1.82, 2.24) is 4.98 Å². The van der Waals surface area contributed by atoms with Gasteiger partial charge < -0.3 is 10.4 Å². The zero-order valence-electron chi connectivity index (χ0n) is 8.48. The van der Waals surface area contributed by atoms with Crippen molar-refractivity contribution < 1.29 is 5.11 Å². The second kappa shape index (κ2) is 5.30. The van der Waals surface area contributed by atoms with Gasteiger partial charge in [-0.2, -0.15) is 0 Å². The van der Waals surface area contributed by atoms with Crippen LogP contribution in [0.3, 0.4) is 0 Å². The van der Waals surface area contributed by atoms with Gasteiger partial charge in [0.15, 0.2) is 0 Å². The van der Waals surface area contributed by atoms with Crippen LogP contribution in [-0.4, -0.2) is 10.1 Å². The molecule has 5 heteroatoms. The zero-order valence-corrected chi connectivity index (χ0v) is 10.1. The van der Waals surface area contributed by atoms with E-state index in [1.54, 1.807) is 6.20 Å². The van der Waals surface area contributed by atoms with Crippen molar-refractivity contribution in [2.45, 2.75) is 13.2 Å². The molecule has 1 aromatic heterocycles. The molecule has 0 saturated heterocycles. The van der Waals surface area contributed by atoms with E-state index >= 15 is 0 Å². The summed E-state index contributed by atoms with van der Waals surface area (Å²) in [5.74, 6) is 0. The average Bonchev–Trinajstić information content (AvgIpc) is 2.73. The molecule has 0 atom stereocenters. The molecule has 2 rings (SSSR count). The molecule has 3 nitrogen and oxygen atoms in total. The summed E-state index contributed by atoms with van der Waals surface area (Å²) < 4.78 is 0.695. The van der Waals surface area contributed by atoms with Crippen molar-refractivity contribution in [1.29, 1.82) is 0 Å². The summed E-state index contributed by atoms with van der Waals surface area (Å²) in [6.07, 6.45) is 1.65. The smallest absolute Gasteiger partial charge is 0.113 e. The summed E-state index contributed by atoms with van der Waals surface area (Å²) in [4.78, 5) is 4.15. The second-order valence-corrected chi connectivity index (χ2v) is 5.02. The van der Waals surface area contributed by atoms with E-state index in [0.717, 1.165) is 16.3 Å². The molecule has 2 aromatic rings. The van der Waals surface area contributed by atoms with Crippen LogP contribution in [0.5, 0.6) is 0 Å². The number of hydrogen-bond acceptors (Lipinski definition) is 4. The van der Waals surface area contributed by atoms with E-state index in [-0.39, 0.29) is 6.61 Å². The van der Waals surface area contributed by atoms with Crippen molar-refractivity contribution in [2.24, 2.45) is 0 Å². The molecule has 2 N–H and O–H groups in total. The first-order valence-electron chi connectivity index (χ1n) is 4.82. The van der Waals surface area contributed by atoms with Gasteiger partial charge in [-0.15, -0.1) is 11.3 Å². The molecule has 1 heterocycles. The highest BCUT2D eigenvalue weighted by molar-refractivity contribution is 7.15. The number of aromatic nitrogens is 1. The second-order valence-electron chi connectivity index (χ2n) is 3.27. The van der Waals surface area contributed by atoms with Crippen LogP contribution in [0.15, 0.2) is 30.5 Å². The number of nitrogens with zero attached hydrogens (tertiary/aromatic N) is 1. The fraction of sp³-hybridized carbons (Fsp3) is 0.182. The lowest BCUT2D eigenvalue weighted by atomic mass is 10.2. The molecule has 0 aliphatic rings. The van der Waals surface area contributed by atoms with Gasteiger partial charge in [-0.1, -0.05) is 23.7 Å². The fourth-order valence-corrected chi connectivity index (χ4v) is 2.22. The number of anilines is 1. The lowest BCUT2D eigenvalue weighted by Crippen LogP contribution is -1.99. The third kappa shape index (κ3) is 2.95. The lowest BCUT2D eigenvalue weighted by molar-refractivity contribution is 0.282. The van der Waals surface area contributed by atoms with Crippen LogP contribution < -0.4 is 5.32 Å². The van der Waals surface area contributed by atoms with Crippen molar-refractivity contribution in [3.8, 4) is 0 Å². The first-order valence-corrected chi connectivity index (χ1v) is 6.01. The van der Waals surface area contributed by atoms with Crippen LogP contribution in [0.4, 0.5) is 5.69 Å². The Kier molecular flexibility index (Phi) is 3.77. The van der Waals surface area contributed by atoms with E-state index < -0.39 is 0 Å². The molecule has 0 saturated carbocycles. The Labute approximate surface area is 103 Å². The van der Waals surface area contributed by atoms with Gasteiger partial charge in [0.2, 0.25) is 0 Å². The molecule has 0 fully saturated rings. The number of rotatable bonds is 4. The molecule has 16 heavy (non-hydrogen) atoms. The SMILES string of the molecule is OCc1cccc(NCc2ncc(Cl)s2)c1. The topological polar surface area (TPSA) is 45.1 Å². The molecule has 0 radical (unpaired) electrons. The third-order valence-corrected chi connectivity index (χ3v) is 3.19. The Morgan fingerprint density at radius 3 is 3.00 bits per heavy atom. The number of hydrogen-bond donors (Lipinski definition) is 2. The Morgan fingerprint density at radius 1 is 1.44 bits per heavy atom. The summed E-state index contributed by atoms with van der Waals surface area (Å²) in [5, 5.41) is 13.2. The molecule has 0 amide bonds. The molecule has 84 valence electrons. The number of halogens is 1. The van der Waals surface area contributed by atoms with Crippen molar-refractivity contribution >= 4 is 28.6 Å². The molecule has 0 aliphatic carbocycles. The molecular weight excluding hydrogens is 244 g/mol. The average molecular weight is 255 g/mol. The Morgan fingerprint density at radius 2 is 2.31 bits per heavy atom. The van der Waals surface area contributed by atoms with Crippen LogP contribution in [0.2, 0.25) is 4.34 Å². The summed E-state index contributed by atoms with van der Waals surface area (Å²) in [7, 11) is 0. The highest BCUT2D eigenvalue weighted by atomic mass is 35.5. The van der Waals surface area contributed by atoms with E-state index in [4.69, 9.17) is 16.7 Å². The highest BCUT2D eigenvalue weighted by Crippen LogP contribution is 2.19. The predicted molar refractivity (Wildman–Crippen MR) is 66.8 cm³/mol. The van der Waals surface area contributed by atoms with Crippen LogP contribution in [0.1, 0.15) is 10.6 Å². The third-order valence-electron chi connectivity index (χ3n) is 2.08. The molecule has 1 aromatic carbocycles. The molecule has 0 spiro atoms. The Balaban J connectivity index is 1.99. The number of aliphatic hydroxyl groups is 1. The minimum atomic E-state index is 0.0542. The number of nitrogens with one attached hydrogen (secondary N) is 1. The van der Waals surface area contributed by atoms with Crippen LogP contribution in [0.25, 0.3) is 0 Å². The zero-order chi connectivity index (χ0) is 11.4. The molecular formula is C11H11ClN2OS. The van der Waals surface area contributed by atoms with Gasteiger partial charge in [-0.05, 0) is 17.7 Å². The van der Waals surface area contributed by atoms with Gasteiger partial charge in [-0.25, -0.2) is 4.98 Å². The maximum Gasteiger partial charge on any atom is 0.113 e. The normalized spacial score (nSPS) is 10.4. The minimum absolute atomic E-state index is 0.0542. The van der Waals surface area contributed by atoms with Gasteiger partial charge in [0.05, 0.1) is 19.3 Å². The maximum absolute atomic E-state index is 9.00. The Bertz CT molecular complexity index is 473. The summed E-state index contributed by atoms with van der Waals surface area (Å²) in [5.41, 5.74) is 1.86. The van der Waals surface area contributed by atoms with Gasteiger partial charge in [0.1, 0.15) is 9.34 Å². The van der Waals surface area contributed by atoms with Gasteiger partial charge >= 0.3 is 0 Å². The standard InChI is InChI=1S/C11H11ClN2OS/c12-10-5-14-11(16-10)6-13-9-3-1-2-8(4-9)7-15/h1-5,13,15H,6-7H2. The summed E-state index contributed by atoms with van der Waals surface area (Å²) >= 11 is 7.24. The molecule has 0 unspecified atom stereocenters. The first-order chi connectivity index (χ1) is 7.78. The summed E-state index contributed by atoms with van der Waals surface area (Å²) in [6, 6.07) is 7.65. The number of thiazole rings is 1. The van der Waals surface area contributed by atoms with Gasteiger partial charge in [0, 0.05) is 5.69 Å².